The maximum atomic E-state index is 12.6. The van der Waals surface area contributed by atoms with E-state index in [-0.39, 0.29) is 5.91 Å². The van der Waals surface area contributed by atoms with Gasteiger partial charge in [-0.25, -0.2) is 5.06 Å². The molecule has 0 aromatic carbocycles. The predicted molar refractivity (Wildman–Crippen MR) is 69.1 cm³/mol. The second-order valence-corrected chi connectivity index (χ2v) is 5.93. The van der Waals surface area contributed by atoms with Gasteiger partial charge in [-0.05, 0) is 32.1 Å². The Balaban J connectivity index is 2.11. The Morgan fingerprint density at radius 1 is 1.16 bits per heavy atom. The number of amides is 1. The molecule has 19 heavy (non-hydrogen) atoms. The summed E-state index contributed by atoms with van der Waals surface area (Å²) < 4.78 is 0. The van der Waals surface area contributed by atoms with Crippen LogP contribution >= 0.6 is 0 Å². The highest BCUT2D eigenvalue weighted by Gasteiger charge is 2.64. The van der Waals surface area contributed by atoms with Crippen molar-refractivity contribution >= 4 is 11.6 Å². The SMILES string of the molecule is O=C1N(O)[C@]2(C=CCCC2)C(=NO)C12CCCCC2. The van der Waals surface area contributed by atoms with Gasteiger partial charge in [-0.1, -0.05) is 36.6 Å². The second kappa shape index (κ2) is 4.34. The number of carbonyl (C=O) groups is 1. The topological polar surface area (TPSA) is 73.1 Å². The highest BCUT2D eigenvalue weighted by Crippen LogP contribution is 2.51. The van der Waals surface area contributed by atoms with Crippen molar-refractivity contribution in [2.75, 3.05) is 0 Å². The zero-order valence-corrected chi connectivity index (χ0v) is 11.0. The summed E-state index contributed by atoms with van der Waals surface area (Å²) >= 11 is 0. The first-order chi connectivity index (χ1) is 9.17. The van der Waals surface area contributed by atoms with Gasteiger partial charge < -0.3 is 5.21 Å². The lowest BCUT2D eigenvalue weighted by Crippen LogP contribution is -2.47. The molecule has 3 aliphatic rings. The molecule has 0 bridgehead atoms. The van der Waals surface area contributed by atoms with Crippen LogP contribution in [0.25, 0.3) is 0 Å². The summed E-state index contributed by atoms with van der Waals surface area (Å²) in [5.41, 5.74) is -1.21. The van der Waals surface area contributed by atoms with Gasteiger partial charge in [-0.15, -0.1) is 0 Å². The molecule has 0 aromatic rings. The number of rotatable bonds is 0. The van der Waals surface area contributed by atoms with Crippen LogP contribution in [0.2, 0.25) is 0 Å². The average Bonchev–Trinajstić information content (AvgIpc) is 2.61. The van der Waals surface area contributed by atoms with Gasteiger partial charge in [0.2, 0.25) is 0 Å². The van der Waals surface area contributed by atoms with Gasteiger partial charge in [-0.3, -0.25) is 10.0 Å². The predicted octanol–water partition coefficient (Wildman–Crippen LogP) is 2.48. The van der Waals surface area contributed by atoms with Crippen LogP contribution in [0.15, 0.2) is 17.3 Å². The van der Waals surface area contributed by atoms with Crippen LogP contribution in [0, 0.1) is 5.41 Å². The summed E-state index contributed by atoms with van der Waals surface area (Å²) in [6.07, 6.45) is 10.6. The first kappa shape index (κ1) is 12.7. The summed E-state index contributed by atoms with van der Waals surface area (Å²) in [4.78, 5) is 12.6. The number of hydrogen-bond acceptors (Lipinski definition) is 4. The molecule has 5 nitrogen and oxygen atoms in total. The molecule has 0 aromatic heterocycles. The molecule has 104 valence electrons. The van der Waals surface area contributed by atoms with Crippen molar-refractivity contribution in [3.8, 4) is 0 Å². The maximum absolute atomic E-state index is 12.6. The number of oxime groups is 1. The lowest BCUT2D eigenvalue weighted by molar-refractivity contribution is -0.179. The molecule has 2 N–H and O–H groups in total. The van der Waals surface area contributed by atoms with E-state index < -0.39 is 11.0 Å². The molecule has 2 spiro atoms. The van der Waals surface area contributed by atoms with Crippen LogP contribution in [-0.2, 0) is 4.79 Å². The van der Waals surface area contributed by atoms with E-state index in [1.807, 2.05) is 12.2 Å². The first-order valence-corrected chi connectivity index (χ1v) is 7.12. The van der Waals surface area contributed by atoms with E-state index in [4.69, 9.17) is 0 Å². The fraction of sp³-hybridized carbons (Fsp3) is 0.714. The minimum atomic E-state index is -0.901. The third-order valence-corrected chi connectivity index (χ3v) is 4.97. The van der Waals surface area contributed by atoms with Gasteiger partial charge in [0.05, 0.1) is 5.41 Å². The van der Waals surface area contributed by atoms with Crippen LogP contribution in [0.3, 0.4) is 0 Å². The Morgan fingerprint density at radius 3 is 2.47 bits per heavy atom. The molecule has 2 aliphatic carbocycles. The molecule has 1 aliphatic heterocycles. The largest absolute Gasteiger partial charge is 0.411 e. The highest BCUT2D eigenvalue weighted by molar-refractivity contribution is 6.19. The van der Waals surface area contributed by atoms with Crippen LogP contribution in [0.5, 0.6) is 0 Å². The van der Waals surface area contributed by atoms with E-state index in [0.717, 1.165) is 37.2 Å². The Morgan fingerprint density at radius 2 is 1.89 bits per heavy atom. The van der Waals surface area contributed by atoms with Crippen molar-refractivity contribution in [3.63, 3.8) is 0 Å². The third kappa shape index (κ3) is 1.51. The van der Waals surface area contributed by atoms with E-state index in [0.29, 0.717) is 25.0 Å². The Hall–Kier alpha value is -1.36. The summed E-state index contributed by atoms with van der Waals surface area (Å²) in [7, 11) is 0. The molecule has 1 saturated heterocycles. The minimum absolute atomic E-state index is 0.286. The second-order valence-electron chi connectivity index (χ2n) is 5.93. The summed E-state index contributed by atoms with van der Waals surface area (Å²) in [5, 5.41) is 24.2. The van der Waals surface area contributed by atoms with Gasteiger partial charge in [0.15, 0.2) is 0 Å². The summed E-state index contributed by atoms with van der Waals surface area (Å²) in [6.45, 7) is 0. The number of hydrogen-bond donors (Lipinski definition) is 2. The van der Waals surface area contributed by atoms with Gasteiger partial charge in [0.25, 0.3) is 5.91 Å². The van der Waals surface area contributed by atoms with Crippen molar-refractivity contribution < 1.29 is 15.2 Å². The molecule has 0 radical (unpaired) electrons. The standard InChI is InChI=1S/C14H20N2O3/c17-12-13(7-3-1-4-8-13)11(15-18)14(16(12)19)9-5-2-6-10-14/h5,9,18-19H,1-4,6-8,10H2/t14-/m0/s1. The molecule has 1 atom stereocenters. The third-order valence-electron chi connectivity index (χ3n) is 4.97. The Labute approximate surface area is 112 Å². The van der Waals surface area contributed by atoms with E-state index in [9.17, 15) is 15.2 Å². The van der Waals surface area contributed by atoms with Gasteiger partial charge in [0, 0.05) is 0 Å². The number of hydroxylamine groups is 2. The quantitative estimate of drug-likeness (QED) is 0.305. The molecular formula is C14H20N2O3. The molecule has 1 amide bonds. The van der Waals surface area contributed by atoms with Gasteiger partial charge >= 0.3 is 0 Å². The smallest absolute Gasteiger partial charge is 0.259 e. The lowest BCUT2D eigenvalue weighted by Gasteiger charge is -2.35. The fourth-order valence-electron chi connectivity index (χ4n) is 4.01. The highest BCUT2D eigenvalue weighted by atomic mass is 16.5. The fourth-order valence-corrected chi connectivity index (χ4v) is 4.01. The van der Waals surface area contributed by atoms with Crippen LogP contribution in [0.1, 0.15) is 51.4 Å². The Bertz CT molecular complexity index is 452. The molecule has 3 rings (SSSR count). The molecule has 1 saturated carbocycles. The zero-order chi connectivity index (χ0) is 13.5. The van der Waals surface area contributed by atoms with E-state index >= 15 is 0 Å². The molecule has 2 fully saturated rings. The maximum Gasteiger partial charge on any atom is 0.259 e. The van der Waals surface area contributed by atoms with Crippen LogP contribution < -0.4 is 0 Å². The van der Waals surface area contributed by atoms with Crippen LogP contribution in [0.4, 0.5) is 0 Å². The van der Waals surface area contributed by atoms with Crippen LogP contribution in [-0.4, -0.2) is 32.6 Å². The molecule has 1 heterocycles. The van der Waals surface area contributed by atoms with Gasteiger partial charge in [0.1, 0.15) is 11.3 Å². The van der Waals surface area contributed by atoms with E-state index in [1.165, 1.54) is 0 Å². The average molecular weight is 264 g/mol. The normalized spacial score (nSPS) is 35.7. The zero-order valence-electron chi connectivity index (χ0n) is 11.0. The number of allylic oxidation sites excluding steroid dienone is 1. The minimum Gasteiger partial charge on any atom is -0.411 e. The van der Waals surface area contributed by atoms with E-state index in [2.05, 4.69) is 5.16 Å². The van der Waals surface area contributed by atoms with E-state index in [1.54, 1.807) is 0 Å². The molecule has 5 heteroatoms. The van der Waals surface area contributed by atoms with Crippen molar-refractivity contribution in [1.82, 2.24) is 5.06 Å². The molecule has 0 unspecified atom stereocenters. The monoisotopic (exact) mass is 264 g/mol. The number of nitrogens with zero attached hydrogens (tertiary/aromatic N) is 2. The summed E-state index contributed by atoms with van der Waals surface area (Å²) in [6, 6.07) is 0. The van der Waals surface area contributed by atoms with Crippen molar-refractivity contribution in [2.45, 2.75) is 56.9 Å². The first-order valence-electron chi connectivity index (χ1n) is 7.12. The lowest BCUT2D eigenvalue weighted by atomic mass is 9.67. The van der Waals surface area contributed by atoms with Crippen molar-refractivity contribution in [3.05, 3.63) is 12.2 Å². The molecular weight excluding hydrogens is 244 g/mol. The van der Waals surface area contributed by atoms with Gasteiger partial charge in [-0.2, -0.15) is 0 Å². The number of carbonyl (C=O) groups excluding carboxylic acids is 1. The van der Waals surface area contributed by atoms with Crippen molar-refractivity contribution in [1.29, 1.82) is 0 Å². The van der Waals surface area contributed by atoms with Crippen molar-refractivity contribution in [2.24, 2.45) is 10.6 Å². The summed E-state index contributed by atoms with van der Waals surface area (Å²) in [5.74, 6) is -0.286. The Kier molecular flexibility index (Phi) is 2.89.